The molecule has 1 N–H and O–H groups in total. The highest BCUT2D eigenvalue weighted by atomic mass is 32.2. The summed E-state index contributed by atoms with van der Waals surface area (Å²) in [5.74, 6) is -0.990. The summed E-state index contributed by atoms with van der Waals surface area (Å²) in [4.78, 5) is 33.2. The molecule has 0 bridgehead atoms. The summed E-state index contributed by atoms with van der Waals surface area (Å²) < 4.78 is 11.8. The SMILES string of the molecule is CCN1C(=O)C(C)(C(=O)Nc2nc(-c3ccc(F)cc3)cs2)Sc2ccccc21. The molecule has 0 spiro atoms. The Bertz CT molecular complexity index is 1080. The van der Waals surface area contributed by atoms with Crippen molar-refractivity contribution in [2.24, 2.45) is 0 Å². The number of thioether (sulfide) groups is 1. The van der Waals surface area contributed by atoms with Crippen LogP contribution in [0.1, 0.15) is 13.8 Å². The summed E-state index contributed by atoms with van der Waals surface area (Å²) in [7, 11) is 0. The lowest BCUT2D eigenvalue weighted by Gasteiger charge is -2.38. The number of nitrogens with one attached hydrogen (secondary N) is 1. The van der Waals surface area contributed by atoms with E-state index in [4.69, 9.17) is 0 Å². The fraction of sp³-hybridized carbons (Fsp3) is 0.190. The Kier molecular flexibility index (Phi) is 5.14. The third kappa shape index (κ3) is 3.54. The number of carbonyl (C=O) groups is 2. The summed E-state index contributed by atoms with van der Waals surface area (Å²) in [6.07, 6.45) is 0. The molecule has 2 aromatic carbocycles. The second-order valence-corrected chi connectivity index (χ2v) is 8.97. The Morgan fingerprint density at radius 3 is 2.66 bits per heavy atom. The first-order valence-corrected chi connectivity index (χ1v) is 10.7. The zero-order valence-electron chi connectivity index (χ0n) is 15.8. The van der Waals surface area contributed by atoms with E-state index in [-0.39, 0.29) is 11.7 Å². The van der Waals surface area contributed by atoms with Gasteiger partial charge >= 0.3 is 0 Å². The van der Waals surface area contributed by atoms with Crippen LogP contribution in [-0.4, -0.2) is 28.1 Å². The molecule has 8 heteroatoms. The van der Waals surface area contributed by atoms with E-state index in [1.807, 2.05) is 31.2 Å². The Hall–Kier alpha value is -2.71. The molecule has 29 heavy (non-hydrogen) atoms. The van der Waals surface area contributed by atoms with Gasteiger partial charge in [-0.2, -0.15) is 0 Å². The Morgan fingerprint density at radius 1 is 1.21 bits per heavy atom. The number of aromatic nitrogens is 1. The lowest BCUT2D eigenvalue weighted by Crippen LogP contribution is -2.54. The van der Waals surface area contributed by atoms with Crippen molar-refractivity contribution in [3.8, 4) is 11.3 Å². The number of amides is 2. The number of carbonyl (C=O) groups excluding carboxylic acids is 2. The van der Waals surface area contributed by atoms with Gasteiger partial charge in [-0.25, -0.2) is 9.37 Å². The van der Waals surface area contributed by atoms with Crippen molar-refractivity contribution in [1.82, 2.24) is 4.98 Å². The second-order valence-electron chi connectivity index (χ2n) is 6.65. The van der Waals surface area contributed by atoms with Crippen LogP contribution in [0.4, 0.5) is 15.2 Å². The van der Waals surface area contributed by atoms with Crippen molar-refractivity contribution in [3.05, 3.63) is 59.7 Å². The van der Waals surface area contributed by atoms with Crippen molar-refractivity contribution in [2.45, 2.75) is 23.5 Å². The third-order valence-corrected chi connectivity index (χ3v) is 6.83. The van der Waals surface area contributed by atoms with Gasteiger partial charge < -0.3 is 10.2 Å². The van der Waals surface area contributed by atoms with Crippen LogP contribution in [0.3, 0.4) is 0 Å². The molecule has 0 radical (unpaired) electrons. The summed E-state index contributed by atoms with van der Waals surface area (Å²) in [5.41, 5.74) is 2.21. The van der Waals surface area contributed by atoms with Gasteiger partial charge in [0.1, 0.15) is 5.82 Å². The molecule has 2 amide bonds. The van der Waals surface area contributed by atoms with Gasteiger partial charge in [-0.1, -0.05) is 23.9 Å². The standard InChI is InChI=1S/C21H18FN3O2S2/c1-3-25-16-6-4-5-7-17(16)29-21(2,19(25)27)18(26)24-20-23-15(12-28-20)13-8-10-14(22)11-9-13/h4-12H,3H2,1-2H3,(H,23,24,26). The van der Waals surface area contributed by atoms with Gasteiger partial charge in [-0.3, -0.25) is 9.59 Å². The fourth-order valence-corrected chi connectivity index (χ4v) is 5.08. The molecule has 3 aromatic rings. The predicted molar refractivity (Wildman–Crippen MR) is 115 cm³/mol. The third-order valence-electron chi connectivity index (χ3n) is 4.74. The number of hydrogen-bond acceptors (Lipinski definition) is 5. The Labute approximate surface area is 176 Å². The molecule has 0 saturated heterocycles. The van der Waals surface area contributed by atoms with E-state index in [9.17, 15) is 14.0 Å². The average Bonchev–Trinajstić information content (AvgIpc) is 3.18. The number of nitrogens with zero attached hydrogens (tertiary/aromatic N) is 2. The molecule has 148 valence electrons. The molecule has 1 aromatic heterocycles. The lowest BCUT2D eigenvalue weighted by molar-refractivity contribution is -0.128. The number of para-hydroxylation sites is 1. The summed E-state index contributed by atoms with van der Waals surface area (Å²) in [6, 6.07) is 13.6. The highest BCUT2D eigenvalue weighted by Gasteiger charge is 2.49. The van der Waals surface area contributed by atoms with Crippen molar-refractivity contribution in [2.75, 3.05) is 16.8 Å². The molecule has 0 saturated carbocycles. The van der Waals surface area contributed by atoms with Gasteiger partial charge in [0.15, 0.2) is 9.88 Å². The first-order chi connectivity index (χ1) is 13.9. The molecule has 5 nitrogen and oxygen atoms in total. The number of thiazole rings is 1. The normalized spacial score (nSPS) is 18.4. The van der Waals surface area contributed by atoms with Crippen LogP contribution in [0.25, 0.3) is 11.3 Å². The highest BCUT2D eigenvalue weighted by molar-refractivity contribution is 8.02. The molecule has 1 aliphatic heterocycles. The Balaban J connectivity index is 1.58. The quantitative estimate of drug-likeness (QED) is 0.607. The van der Waals surface area contributed by atoms with Crippen molar-refractivity contribution in [3.63, 3.8) is 0 Å². The van der Waals surface area contributed by atoms with Crippen LogP contribution < -0.4 is 10.2 Å². The largest absolute Gasteiger partial charge is 0.310 e. The van der Waals surface area contributed by atoms with E-state index in [0.29, 0.717) is 17.4 Å². The van der Waals surface area contributed by atoms with Gasteiger partial charge in [0.05, 0.1) is 11.4 Å². The van der Waals surface area contributed by atoms with E-state index < -0.39 is 10.7 Å². The minimum Gasteiger partial charge on any atom is -0.310 e. The highest BCUT2D eigenvalue weighted by Crippen LogP contribution is 2.45. The number of rotatable bonds is 4. The van der Waals surface area contributed by atoms with Crippen molar-refractivity contribution in [1.29, 1.82) is 0 Å². The summed E-state index contributed by atoms with van der Waals surface area (Å²) in [6.45, 7) is 4.01. The van der Waals surface area contributed by atoms with E-state index in [1.165, 1.54) is 35.2 Å². The van der Waals surface area contributed by atoms with Gasteiger partial charge in [0, 0.05) is 22.4 Å². The van der Waals surface area contributed by atoms with Gasteiger partial charge in [-0.05, 0) is 50.2 Å². The van der Waals surface area contributed by atoms with Gasteiger partial charge in [0.2, 0.25) is 0 Å². The number of fused-ring (bicyclic) bond motifs is 1. The molecule has 4 rings (SSSR count). The van der Waals surface area contributed by atoms with Crippen molar-refractivity contribution < 1.29 is 14.0 Å². The number of hydrogen-bond donors (Lipinski definition) is 1. The molecular formula is C21H18FN3O2S2. The number of benzene rings is 2. The fourth-order valence-electron chi connectivity index (χ4n) is 3.16. The van der Waals surface area contributed by atoms with Gasteiger partial charge in [0.25, 0.3) is 11.8 Å². The maximum atomic E-state index is 13.1. The van der Waals surface area contributed by atoms with Crippen LogP contribution in [0.2, 0.25) is 0 Å². The van der Waals surface area contributed by atoms with Crippen molar-refractivity contribution >= 4 is 45.7 Å². The first-order valence-electron chi connectivity index (χ1n) is 9.05. The first kappa shape index (κ1) is 19.6. The van der Waals surface area contributed by atoms with Crippen LogP contribution in [0.15, 0.2) is 58.8 Å². The molecular weight excluding hydrogens is 409 g/mol. The number of halogens is 1. The van der Waals surface area contributed by atoms with Crippen LogP contribution in [-0.2, 0) is 9.59 Å². The summed E-state index contributed by atoms with van der Waals surface area (Å²) >= 11 is 2.51. The zero-order valence-corrected chi connectivity index (χ0v) is 17.4. The maximum Gasteiger partial charge on any atom is 0.252 e. The average molecular weight is 428 g/mol. The molecule has 0 aliphatic carbocycles. The summed E-state index contributed by atoms with van der Waals surface area (Å²) in [5, 5.41) is 4.97. The smallest absolute Gasteiger partial charge is 0.252 e. The van der Waals surface area contributed by atoms with E-state index in [0.717, 1.165) is 16.1 Å². The molecule has 1 unspecified atom stereocenters. The minimum absolute atomic E-state index is 0.253. The topological polar surface area (TPSA) is 62.3 Å². The monoisotopic (exact) mass is 427 g/mol. The maximum absolute atomic E-state index is 13.1. The van der Waals surface area contributed by atoms with E-state index in [1.54, 1.807) is 29.3 Å². The predicted octanol–water partition coefficient (Wildman–Crippen LogP) is 4.81. The zero-order chi connectivity index (χ0) is 20.6. The molecule has 1 atom stereocenters. The Morgan fingerprint density at radius 2 is 1.93 bits per heavy atom. The number of anilines is 2. The van der Waals surface area contributed by atoms with Crippen LogP contribution in [0.5, 0.6) is 0 Å². The van der Waals surface area contributed by atoms with E-state index >= 15 is 0 Å². The van der Waals surface area contributed by atoms with Gasteiger partial charge in [-0.15, -0.1) is 11.3 Å². The molecule has 1 aliphatic rings. The molecule has 2 heterocycles. The lowest BCUT2D eigenvalue weighted by atomic mass is 10.1. The van der Waals surface area contributed by atoms with Crippen LogP contribution >= 0.6 is 23.1 Å². The minimum atomic E-state index is -1.30. The van der Waals surface area contributed by atoms with Crippen LogP contribution in [0, 0.1) is 5.82 Å². The van der Waals surface area contributed by atoms with E-state index in [2.05, 4.69) is 10.3 Å². The second kappa shape index (κ2) is 7.61. The molecule has 0 fully saturated rings.